The molecule has 0 aliphatic heterocycles. The predicted octanol–water partition coefficient (Wildman–Crippen LogP) is 6.18. The van der Waals surface area contributed by atoms with Crippen LogP contribution in [-0.4, -0.2) is 16.6 Å². The molecule has 0 spiro atoms. The lowest BCUT2D eigenvalue weighted by molar-refractivity contribution is -0.141. The number of anilines is 1. The molecule has 33 heavy (non-hydrogen) atoms. The smallest absolute Gasteiger partial charge is 0.383 e. The molecule has 1 atom stereocenters. The van der Waals surface area contributed by atoms with Gasteiger partial charge in [0.25, 0.3) is 5.91 Å². The van der Waals surface area contributed by atoms with Gasteiger partial charge in [-0.2, -0.15) is 13.2 Å². The molecule has 1 aliphatic rings. The molecule has 0 saturated carbocycles. The number of benzene rings is 1. The quantitative estimate of drug-likeness (QED) is 0.485. The molecule has 1 amide bonds. The van der Waals surface area contributed by atoms with Crippen molar-refractivity contribution in [3.8, 4) is 0 Å². The Kier molecular flexibility index (Phi) is 7.63. The summed E-state index contributed by atoms with van der Waals surface area (Å²) in [5.74, 6) is -1.11. The number of aromatic nitrogens is 1. The minimum atomic E-state index is -4.59. The highest BCUT2D eigenvalue weighted by molar-refractivity contribution is 6.04. The number of halogens is 4. The summed E-state index contributed by atoms with van der Waals surface area (Å²) in [4.78, 5) is 20.0. The fraction of sp³-hybridized carbons (Fsp3) is 0.292. The second-order valence-corrected chi connectivity index (χ2v) is 7.60. The number of rotatable bonds is 7. The van der Waals surface area contributed by atoms with Gasteiger partial charge in [0.15, 0.2) is 0 Å². The van der Waals surface area contributed by atoms with Gasteiger partial charge in [0, 0.05) is 35.6 Å². The number of pyridine rings is 1. The molecule has 9 heteroatoms. The van der Waals surface area contributed by atoms with E-state index in [-0.39, 0.29) is 5.56 Å². The molecule has 0 saturated heterocycles. The summed E-state index contributed by atoms with van der Waals surface area (Å²) in [6, 6.07) is 5.41. The second-order valence-electron chi connectivity index (χ2n) is 7.60. The fourth-order valence-electron chi connectivity index (χ4n) is 3.31. The van der Waals surface area contributed by atoms with Crippen LogP contribution in [0.3, 0.4) is 0 Å². The van der Waals surface area contributed by atoms with E-state index < -0.39 is 29.6 Å². The van der Waals surface area contributed by atoms with Crippen LogP contribution in [0.15, 0.2) is 65.6 Å². The van der Waals surface area contributed by atoms with Gasteiger partial charge in [-0.05, 0) is 62.6 Å². The maximum absolute atomic E-state index is 14.3. The van der Waals surface area contributed by atoms with Crippen LogP contribution in [0.25, 0.3) is 0 Å². The monoisotopic (exact) mass is 460 g/mol. The average molecular weight is 460 g/mol. The highest BCUT2D eigenvalue weighted by Crippen LogP contribution is 2.27. The van der Waals surface area contributed by atoms with Crippen LogP contribution in [0.2, 0.25) is 0 Å². The molecule has 3 rings (SSSR count). The number of nitrogens with one attached hydrogen (secondary N) is 2. The normalized spacial score (nSPS) is 16.2. The van der Waals surface area contributed by atoms with E-state index >= 15 is 0 Å². The number of amides is 1. The summed E-state index contributed by atoms with van der Waals surface area (Å²) < 4.78 is 52.2. The fourth-order valence-corrected chi connectivity index (χ4v) is 3.31. The SMILES string of the molecule is CCC1=CC(=NC=CNC(C)c2cc(NC(=O)c3ccc(C(F)(F)F)nc3)ccc2F)CC1. The Labute approximate surface area is 189 Å². The molecule has 1 aliphatic carbocycles. The zero-order valence-corrected chi connectivity index (χ0v) is 18.2. The lowest BCUT2D eigenvalue weighted by Gasteiger charge is -2.15. The van der Waals surface area contributed by atoms with E-state index in [0.717, 1.165) is 43.3 Å². The first-order valence-corrected chi connectivity index (χ1v) is 10.5. The predicted molar refractivity (Wildman–Crippen MR) is 119 cm³/mol. The summed E-state index contributed by atoms with van der Waals surface area (Å²) in [6.07, 6.45) is 4.56. The van der Waals surface area contributed by atoms with Crippen molar-refractivity contribution in [1.82, 2.24) is 10.3 Å². The van der Waals surface area contributed by atoms with E-state index in [2.05, 4.69) is 33.6 Å². The van der Waals surface area contributed by atoms with Gasteiger partial charge < -0.3 is 10.6 Å². The first kappa shape index (κ1) is 24.2. The van der Waals surface area contributed by atoms with Gasteiger partial charge in [0.1, 0.15) is 11.5 Å². The Hall–Kier alpha value is -3.49. The molecule has 0 radical (unpaired) electrons. The largest absolute Gasteiger partial charge is 0.433 e. The molecule has 2 aromatic rings. The van der Waals surface area contributed by atoms with E-state index in [1.165, 1.54) is 23.8 Å². The number of nitrogens with zero attached hydrogens (tertiary/aromatic N) is 2. The third kappa shape index (κ3) is 6.50. The number of allylic oxidation sites excluding steroid dienone is 2. The molecule has 0 fully saturated rings. The Balaban J connectivity index is 1.64. The van der Waals surface area contributed by atoms with Crippen LogP contribution in [0.4, 0.5) is 23.2 Å². The van der Waals surface area contributed by atoms with Gasteiger partial charge >= 0.3 is 6.18 Å². The number of hydrogen-bond donors (Lipinski definition) is 2. The number of carbonyl (C=O) groups is 1. The number of alkyl halides is 3. The van der Waals surface area contributed by atoms with Crippen LogP contribution in [0, 0.1) is 5.82 Å². The maximum Gasteiger partial charge on any atom is 0.433 e. The van der Waals surface area contributed by atoms with E-state index in [1.54, 1.807) is 19.3 Å². The van der Waals surface area contributed by atoms with Gasteiger partial charge in [-0.3, -0.25) is 14.8 Å². The Bertz CT molecular complexity index is 1090. The third-order valence-electron chi connectivity index (χ3n) is 5.22. The van der Waals surface area contributed by atoms with Gasteiger partial charge in [-0.25, -0.2) is 4.39 Å². The number of hydrogen-bond acceptors (Lipinski definition) is 4. The van der Waals surface area contributed by atoms with Crippen molar-refractivity contribution in [2.75, 3.05) is 5.32 Å². The van der Waals surface area contributed by atoms with Crippen LogP contribution in [0.5, 0.6) is 0 Å². The molecular formula is C24H24F4N4O. The van der Waals surface area contributed by atoms with Crippen molar-refractivity contribution in [2.24, 2.45) is 4.99 Å². The highest BCUT2D eigenvalue weighted by Gasteiger charge is 2.32. The molecule has 1 aromatic heterocycles. The maximum atomic E-state index is 14.3. The third-order valence-corrected chi connectivity index (χ3v) is 5.22. The van der Waals surface area contributed by atoms with Gasteiger partial charge in [-0.15, -0.1) is 0 Å². The zero-order chi connectivity index (χ0) is 24.0. The van der Waals surface area contributed by atoms with Crippen LogP contribution in [-0.2, 0) is 6.18 Å². The van der Waals surface area contributed by atoms with E-state index in [0.29, 0.717) is 11.3 Å². The van der Waals surface area contributed by atoms with Crippen molar-refractivity contribution in [3.63, 3.8) is 0 Å². The lowest BCUT2D eigenvalue weighted by atomic mass is 10.1. The van der Waals surface area contributed by atoms with Crippen molar-refractivity contribution < 1.29 is 22.4 Å². The van der Waals surface area contributed by atoms with Crippen molar-refractivity contribution in [2.45, 2.75) is 45.3 Å². The standard InChI is InChI=1S/C24H24F4N4O/c1-3-16-4-6-18(12-16)30-11-10-29-15(2)20-13-19(7-8-21(20)25)32-23(33)17-5-9-22(31-14-17)24(26,27)28/h5,7-15,29H,3-4,6H2,1-2H3,(H,32,33). The zero-order valence-electron chi connectivity index (χ0n) is 18.2. The summed E-state index contributed by atoms with van der Waals surface area (Å²) in [7, 11) is 0. The molecule has 1 unspecified atom stereocenters. The molecule has 2 N–H and O–H groups in total. The Morgan fingerprint density at radius 3 is 2.67 bits per heavy atom. The summed E-state index contributed by atoms with van der Waals surface area (Å²) in [5, 5.41) is 5.60. The lowest BCUT2D eigenvalue weighted by Crippen LogP contribution is -2.16. The molecule has 0 bridgehead atoms. The summed E-state index contributed by atoms with van der Waals surface area (Å²) in [5.41, 5.74) is 1.86. The second kappa shape index (κ2) is 10.4. The van der Waals surface area contributed by atoms with Crippen molar-refractivity contribution in [1.29, 1.82) is 0 Å². The van der Waals surface area contributed by atoms with Gasteiger partial charge in [-0.1, -0.05) is 12.5 Å². The summed E-state index contributed by atoms with van der Waals surface area (Å²) in [6.45, 7) is 3.87. The topological polar surface area (TPSA) is 66.4 Å². The van der Waals surface area contributed by atoms with Crippen molar-refractivity contribution >= 4 is 17.3 Å². The van der Waals surface area contributed by atoms with Gasteiger partial charge in [0.05, 0.1) is 11.6 Å². The van der Waals surface area contributed by atoms with Crippen molar-refractivity contribution in [3.05, 3.63) is 83.2 Å². The van der Waals surface area contributed by atoms with Crippen LogP contribution < -0.4 is 10.6 Å². The number of carbonyl (C=O) groups excluding carboxylic acids is 1. The minimum absolute atomic E-state index is 0.0470. The average Bonchev–Trinajstić information content (AvgIpc) is 3.25. The molecule has 5 nitrogen and oxygen atoms in total. The highest BCUT2D eigenvalue weighted by atomic mass is 19.4. The Morgan fingerprint density at radius 2 is 2.03 bits per heavy atom. The molecule has 1 heterocycles. The molecule has 174 valence electrons. The van der Waals surface area contributed by atoms with Crippen LogP contribution >= 0.6 is 0 Å². The van der Waals surface area contributed by atoms with E-state index in [9.17, 15) is 22.4 Å². The molecular weight excluding hydrogens is 436 g/mol. The van der Waals surface area contributed by atoms with Crippen LogP contribution in [0.1, 0.15) is 60.8 Å². The first-order chi connectivity index (χ1) is 15.7. The number of aliphatic imine (C=N–C) groups is 1. The van der Waals surface area contributed by atoms with E-state index in [1.807, 2.05) is 0 Å². The molecule has 1 aromatic carbocycles. The minimum Gasteiger partial charge on any atom is -0.383 e. The van der Waals surface area contributed by atoms with Gasteiger partial charge in [0.2, 0.25) is 0 Å². The first-order valence-electron chi connectivity index (χ1n) is 10.5. The van der Waals surface area contributed by atoms with E-state index in [4.69, 9.17) is 0 Å². The Morgan fingerprint density at radius 1 is 1.24 bits per heavy atom. The summed E-state index contributed by atoms with van der Waals surface area (Å²) >= 11 is 0.